The number of carbonyl (C=O) groups excluding carboxylic acids is 2. The van der Waals surface area contributed by atoms with E-state index >= 15 is 0 Å². The number of aromatic nitrogens is 2. The van der Waals surface area contributed by atoms with Crippen LogP contribution in [0.2, 0.25) is 0 Å². The van der Waals surface area contributed by atoms with Crippen molar-refractivity contribution < 1.29 is 14.3 Å². The highest BCUT2D eigenvalue weighted by atomic mass is 16.5. The number of hydrogen-bond acceptors (Lipinski definition) is 4. The van der Waals surface area contributed by atoms with Crippen molar-refractivity contribution in [2.45, 2.75) is 46.6 Å². The van der Waals surface area contributed by atoms with E-state index in [0.29, 0.717) is 18.1 Å². The topological polar surface area (TPSA) is 85.3 Å². The van der Waals surface area contributed by atoms with Crippen molar-refractivity contribution >= 4 is 22.8 Å². The lowest BCUT2D eigenvalue weighted by molar-refractivity contribution is -0.130. The summed E-state index contributed by atoms with van der Waals surface area (Å²) in [4.78, 5) is 28.9. The summed E-state index contributed by atoms with van der Waals surface area (Å²) in [5.41, 5.74) is 8.94. The average Bonchev–Trinajstić information content (AvgIpc) is 3.08. The van der Waals surface area contributed by atoms with Gasteiger partial charge in [-0.3, -0.25) is 20.4 Å². The number of ether oxygens (including phenoxy) is 1. The summed E-state index contributed by atoms with van der Waals surface area (Å²) in [5, 5.41) is 0. The Balaban J connectivity index is 1.52. The van der Waals surface area contributed by atoms with Gasteiger partial charge in [0.1, 0.15) is 18.1 Å². The molecule has 0 bridgehead atoms. The van der Waals surface area contributed by atoms with Crippen molar-refractivity contribution in [3.8, 4) is 5.75 Å². The third-order valence-electron chi connectivity index (χ3n) is 4.93. The van der Waals surface area contributed by atoms with Gasteiger partial charge in [-0.1, -0.05) is 39.0 Å². The van der Waals surface area contributed by atoms with Crippen LogP contribution in [0.4, 0.5) is 0 Å². The van der Waals surface area contributed by atoms with Crippen LogP contribution in [0.1, 0.15) is 43.6 Å². The number of hydrazine groups is 1. The third-order valence-corrected chi connectivity index (χ3v) is 4.93. The summed E-state index contributed by atoms with van der Waals surface area (Å²) in [5.74, 6) is 1.11. The van der Waals surface area contributed by atoms with E-state index in [1.54, 1.807) is 0 Å². The number of hydrogen-bond donors (Lipinski definition) is 2. The molecule has 0 spiro atoms. The Labute approximate surface area is 176 Å². The Hall–Kier alpha value is -3.35. The van der Waals surface area contributed by atoms with Gasteiger partial charge in [0.25, 0.3) is 11.8 Å². The van der Waals surface area contributed by atoms with Gasteiger partial charge in [0.05, 0.1) is 11.0 Å². The van der Waals surface area contributed by atoms with Crippen LogP contribution in [0.25, 0.3) is 11.0 Å². The van der Waals surface area contributed by atoms with Crippen LogP contribution in [-0.4, -0.2) is 28.0 Å². The Morgan fingerprint density at radius 2 is 1.83 bits per heavy atom. The molecule has 0 unspecified atom stereocenters. The minimum Gasteiger partial charge on any atom is -0.484 e. The quantitative estimate of drug-likeness (QED) is 0.588. The van der Waals surface area contributed by atoms with E-state index in [2.05, 4.69) is 29.7 Å². The average molecular weight is 409 g/mol. The molecule has 0 aliphatic rings. The molecular weight excluding hydrogens is 380 g/mol. The molecule has 2 aromatic carbocycles. The van der Waals surface area contributed by atoms with E-state index in [-0.39, 0.29) is 19.1 Å². The zero-order valence-corrected chi connectivity index (χ0v) is 17.9. The molecule has 0 saturated carbocycles. The first-order valence-electron chi connectivity index (χ1n) is 10.1. The van der Waals surface area contributed by atoms with Crippen molar-refractivity contribution in [1.82, 2.24) is 20.4 Å². The lowest BCUT2D eigenvalue weighted by atomic mass is 9.98. The molecule has 3 rings (SSSR count). The number of para-hydroxylation sites is 2. The van der Waals surface area contributed by atoms with Gasteiger partial charge in [0.2, 0.25) is 0 Å². The molecule has 0 aliphatic carbocycles. The van der Waals surface area contributed by atoms with Crippen LogP contribution >= 0.6 is 0 Å². The van der Waals surface area contributed by atoms with Gasteiger partial charge in [-0.25, -0.2) is 4.98 Å². The number of imidazole rings is 1. The molecule has 0 aliphatic heterocycles. The van der Waals surface area contributed by atoms with Crippen molar-refractivity contribution in [3.63, 3.8) is 0 Å². The fourth-order valence-electron chi connectivity index (χ4n) is 3.47. The summed E-state index contributed by atoms with van der Waals surface area (Å²) >= 11 is 0. The van der Waals surface area contributed by atoms with Gasteiger partial charge < -0.3 is 9.30 Å². The Bertz CT molecular complexity index is 1060. The molecule has 7 heteroatoms. The van der Waals surface area contributed by atoms with E-state index in [1.165, 1.54) is 5.56 Å². The number of nitrogens with one attached hydrogen (secondary N) is 2. The van der Waals surface area contributed by atoms with E-state index in [1.807, 2.05) is 60.9 Å². The molecule has 0 radical (unpaired) electrons. The molecule has 3 aromatic rings. The van der Waals surface area contributed by atoms with Gasteiger partial charge in [0, 0.05) is 6.42 Å². The highest BCUT2D eigenvalue weighted by Crippen LogP contribution is 2.23. The van der Waals surface area contributed by atoms with Crippen molar-refractivity contribution in [1.29, 1.82) is 0 Å². The molecule has 2 N–H and O–H groups in total. The number of rotatable bonds is 7. The highest BCUT2D eigenvalue weighted by molar-refractivity contribution is 5.84. The number of amides is 2. The van der Waals surface area contributed by atoms with Crippen molar-refractivity contribution in [2.24, 2.45) is 0 Å². The number of aryl methyl sites for hydroxylation is 2. The second-order valence-electron chi connectivity index (χ2n) is 7.51. The lowest BCUT2D eigenvalue weighted by Crippen LogP contribution is -2.45. The van der Waals surface area contributed by atoms with Gasteiger partial charge in [-0.05, 0) is 48.2 Å². The molecule has 0 saturated heterocycles. The third kappa shape index (κ3) is 4.97. The SMILES string of the molecule is CCc1nc2ccccc2n1CC(=O)NNC(=O)COc1ccc(C(C)C)c(C)c1. The number of benzene rings is 2. The normalized spacial score (nSPS) is 11.0. The van der Waals surface area contributed by atoms with Gasteiger partial charge in [-0.15, -0.1) is 0 Å². The van der Waals surface area contributed by atoms with Gasteiger partial charge in [0.15, 0.2) is 6.61 Å². The maximum atomic E-state index is 12.3. The molecule has 30 heavy (non-hydrogen) atoms. The molecule has 0 fully saturated rings. The molecule has 0 atom stereocenters. The first-order chi connectivity index (χ1) is 14.4. The molecule has 2 amide bonds. The second-order valence-corrected chi connectivity index (χ2v) is 7.51. The summed E-state index contributed by atoms with van der Waals surface area (Å²) in [6.07, 6.45) is 0.706. The fraction of sp³-hybridized carbons (Fsp3) is 0.348. The molecule has 1 heterocycles. The number of nitrogens with zero attached hydrogens (tertiary/aromatic N) is 2. The monoisotopic (exact) mass is 408 g/mol. The standard InChI is InChI=1S/C23H28N4O3/c1-5-21-24-19-8-6-7-9-20(19)27(21)13-22(28)25-26-23(29)14-30-17-10-11-18(15(2)3)16(4)12-17/h6-12,15H,5,13-14H2,1-4H3,(H,25,28)(H,26,29). The van der Waals surface area contributed by atoms with Gasteiger partial charge >= 0.3 is 0 Å². The minimum atomic E-state index is -0.430. The lowest BCUT2D eigenvalue weighted by Gasteiger charge is -2.13. The van der Waals surface area contributed by atoms with Crippen LogP contribution in [-0.2, 0) is 22.6 Å². The zero-order chi connectivity index (χ0) is 21.7. The molecule has 7 nitrogen and oxygen atoms in total. The van der Waals surface area contributed by atoms with Crippen LogP contribution in [0.15, 0.2) is 42.5 Å². The number of fused-ring (bicyclic) bond motifs is 1. The van der Waals surface area contributed by atoms with Crippen LogP contribution in [0.3, 0.4) is 0 Å². The largest absolute Gasteiger partial charge is 0.484 e. The predicted molar refractivity (Wildman–Crippen MR) is 116 cm³/mol. The second kappa shape index (κ2) is 9.43. The molecular formula is C23H28N4O3. The smallest absolute Gasteiger partial charge is 0.276 e. The minimum absolute atomic E-state index is 0.0701. The predicted octanol–water partition coefficient (Wildman–Crippen LogP) is 3.26. The summed E-state index contributed by atoms with van der Waals surface area (Å²) in [6.45, 7) is 8.16. The summed E-state index contributed by atoms with van der Waals surface area (Å²) < 4.78 is 7.39. The first-order valence-corrected chi connectivity index (χ1v) is 10.1. The number of carbonyl (C=O) groups is 2. The van der Waals surface area contributed by atoms with Crippen LogP contribution < -0.4 is 15.6 Å². The van der Waals surface area contributed by atoms with Crippen molar-refractivity contribution in [3.05, 3.63) is 59.4 Å². The van der Waals surface area contributed by atoms with Gasteiger partial charge in [-0.2, -0.15) is 0 Å². The zero-order valence-electron chi connectivity index (χ0n) is 17.9. The van der Waals surface area contributed by atoms with Crippen LogP contribution in [0, 0.1) is 6.92 Å². The van der Waals surface area contributed by atoms with Crippen molar-refractivity contribution in [2.75, 3.05) is 6.61 Å². The molecule has 158 valence electrons. The highest BCUT2D eigenvalue weighted by Gasteiger charge is 2.13. The fourth-order valence-corrected chi connectivity index (χ4v) is 3.47. The molecule has 1 aromatic heterocycles. The van der Waals surface area contributed by atoms with E-state index < -0.39 is 5.91 Å². The van der Waals surface area contributed by atoms with Crippen LogP contribution in [0.5, 0.6) is 5.75 Å². The Morgan fingerprint density at radius 3 is 2.53 bits per heavy atom. The Kier molecular flexibility index (Phi) is 6.72. The van der Waals surface area contributed by atoms with E-state index in [0.717, 1.165) is 22.4 Å². The maximum absolute atomic E-state index is 12.3. The summed E-state index contributed by atoms with van der Waals surface area (Å²) in [6, 6.07) is 13.4. The van der Waals surface area contributed by atoms with E-state index in [9.17, 15) is 9.59 Å². The first kappa shape index (κ1) is 21.4. The maximum Gasteiger partial charge on any atom is 0.276 e. The summed E-state index contributed by atoms with van der Waals surface area (Å²) in [7, 11) is 0. The Morgan fingerprint density at radius 1 is 1.10 bits per heavy atom. The van der Waals surface area contributed by atoms with E-state index in [4.69, 9.17) is 4.74 Å².